The average molecular weight is 528 g/mol. The molecule has 0 saturated carbocycles. The highest BCUT2D eigenvalue weighted by Crippen LogP contribution is 2.32. The van der Waals surface area contributed by atoms with Gasteiger partial charge in [0.05, 0.1) is 5.75 Å². The second-order valence-electron chi connectivity index (χ2n) is 7.31. The van der Waals surface area contributed by atoms with E-state index in [2.05, 4.69) is 36.2 Å². The molecule has 4 rings (SSSR count). The van der Waals surface area contributed by atoms with Gasteiger partial charge in [0, 0.05) is 27.3 Å². The number of sulfonamides is 1. The average Bonchev–Trinajstić information content (AvgIpc) is 2.75. The van der Waals surface area contributed by atoms with Crippen molar-refractivity contribution >= 4 is 54.6 Å². The van der Waals surface area contributed by atoms with Crippen molar-refractivity contribution < 1.29 is 18.3 Å². The Kier molecular flexibility index (Phi) is 6.11. The van der Waals surface area contributed by atoms with Gasteiger partial charge in [0.15, 0.2) is 11.3 Å². The first-order chi connectivity index (χ1) is 15.6. The number of anilines is 2. The zero-order chi connectivity index (χ0) is 23.8. The lowest BCUT2D eigenvalue weighted by atomic mass is 10.0. The van der Waals surface area contributed by atoms with Gasteiger partial charge in [0.2, 0.25) is 16.0 Å². The van der Waals surface area contributed by atoms with Crippen molar-refractivity contribution in [2.45, 2.75) is 12.7 Å². The van der Waals surface area contributed by atoms with Crippen LogP contribution in [0.3, 0.4) is 0 Å². The molecule has 0 saturated heterocycles. The molecule has 4 N–H and O–H groups in total. The Bertz CT molecular complexity index is 1510. The van der Waals surface area contributed by atoms with Crippen LogP contribution in [0.5, 0.6) is 0 Å². The number of carboxylic acids is 1. The summed E-state index contributed by atoms with van der Waals surface area (Å²) in [6.07, 6.45) is 1.53. The number of nitrogens with two attached hydrogens (primary N) is 1. The molecule has 168 valence electrons. The minimum atomic E-state index is -3.76. The number of fused-ring (bicyclic) bond motifs is 1. The van der Waals surface area contributed by atoms with Crippen LogP contribution in [0.2, 0.25) is 0 Å². The molecule has 0 amide bonds. The number of rotatable bonds is 6. The van der Waals surface area contributed by atoms with Crippen molar-refractivity contribution in [1.82, 2.24) is 15.0 Å². The molecule has 2 aromatic heterocycles. The van der Waals surface area contributed by atoms with E-state index in [1.165, 1.54) is 6.20 Å². The van der Waals surface area contributed by atoms with Crippen LogP contribution in [-0.2, 0) is 15.8 Å². The number of hydrogen-bond donors (Lipinski definition) is 3. The van der Waals surface area contributed by atoms with Crippen LogP contribution < -0.4 is 10.5 Å². The number of halogens is 1. The maximum atomic E-state index is 11.9. The lowest BCUT2D eigenvalue weighted by molar-refractivity contribution is 0.0691. The van der Waals surface area contributed by atoms with Crippen molar-refractivity contribution in [2.75, 3.05) is 5.32 Å². The number of carbonyl (C=O) groups is 1. The summed E-state index contributed by atoms with van der Waals surface area (Å²) in [5.74, 6) is -1.40. The summed E-state index contributed by atoms with van der Waals surface area (Å²) in [5.41, 5.74) is 2.85. The van der Waals surface area contributed by atoms with Crippen LogP contribution in [0.4, 0.5) is 11.6 Å². The van der Waals surface area contributed by atoms with Gasteiger partial charge < -0.3 is 10.4 Å². The molecule has 0 unspecified atom stereocenters. The second-order valence-corrected chi connectivity index (χ2v) is 9.78. The van der Waals surface area contributed by atoms with Gasteiger partial charge in [0.25, 0.3) is 0 Å². The van der Waals surface area contributed by atoms with E-state index >= 15 is 0 Å². The van der Waals surface area contributed by atoms with Crippen LogP contribution in [0.1, 0.15) is 21.6 Å². The van der Waals surface area contributed by atoms with Gasteiger partial charge in [-0.25, -0.2) is 28.3 Å². The van der Waals surface area contributed by atoms with Gasteiger partial charge >= 0.3 is 5.97 Å². The molecule has 0 fully saturated rings. The lowest BCUT2D eigenvalue weighted by Crippen LogP contribution is -2.16. The molecule has 33 heavy (non-hydrogen) atoms. The molecule has 0 aliphatic heterocycles. The van der Waals surface area contributed by atoms with E-state index in [-0.39, 0.29) is 23.0 Å². The highest BCUT2D eigenvalue weighted by atomic mass is 79.9. The van der Waals surface area contributed by atoms with Gasteiger partial charge in [0.1, 0.15) is 0 Å². The summed E-state index contributed by atoms with van der Waals surface area (Å²) in [5, 5.41) is 18.5. The number of benzene rings is 2. The molecule has 9 nitrogen and oxygen atoms in total. The van der Waals surface area contributed by atoms with Crippen molar-refractivity contribution in [3.8, 4) is 11.1 Å². The van der Waals surface area contributed by atoms with E-state index < -0.39 is 16.0 Å². The molecule has 11 heteroatoms. The number of pyridine rings is 1. The third-order valence-electron chi connectivity index (χ3n) is 4.94. The van der Waals surface area contributed by atoms with Crippen LogP contribution in [-0.4, -0.2) is 34.4 Å². The van der Waals surface area contributed by atoms with E-state index in [1.54, 1.807) is 43.3 Å². The van der Waals surface area contributed by atoms with Crippen LogP contribution in [0.25, 0.3) is 22.2 Å². The first-order valence-corrected chi connectivity index (χ1v) is 12.2. The van der Waals surface area contributed by atoms with Crippen molar-refractivity contribution in [1.29, 1.82) is 0 Å². The number of primary sulfonamides is 1. The highest BCUT2D eigenvalue weighted by Gasteiger charge is 2.19. The topological polar surface area (TPSA) is 148 Å². The Morgan fingerprint density at radius 2 is 1.88 bits per heavy atom. The predicted molar refractivity (Wildman–Crippen MR) is 129 cm³/mol. The number of aromatic nitrogens is 3. The van der Waals surface area contributed by atoms with Crippen molar-refractivity contribution in [3.63, 3.8) is 0 Å². The maximum absolute atomic E-state index is 11.9. The van der Waals surface area contributed by atoms with Crippen LogP contribution in [0.15, 0.2) is 59.2 Å². The molecule has 0 aliphatic rings. The summed E-state index contributed by atoms with van der Waals surface area (Å²) in [7, 11) is -3.76. The molecule has 2 aromatic carbocycles. The fourth-order valence-electron chi connectivity index (χ4n) is 3.40. The monoisotopic (exact) mass is 527 g/mol. The normalized spacial score (nSPS) is 11.5. The van der Waals surface area contributed by atoms with Gasteiger partial charge in [-0.15, -0.1) is 0 Å². The lowest BCUT2D eigenvalue weighted by Gasteiger charge is -2.13. The van der Waals surface area contributed by atoms with E-state index in [0.29, 0.717) is 27.8 Å². The maximum Gasteiger partial charge on any atom is 0.355 e. The minimum absolute atomic E-state index is 0.140. The molecular formula is C22H18BrN5O4S. The quantitative estimate of drug-likeness (QED) is 0.340. The first kappa shape index (κ1) is 22.8. The third kappa shape index (κ3) is 5.00. The van der Waals surface area contributed by atoms with Gasteiger partial charge in [-0.1, -0.05) is 46.3 Å². The largest absolute Gasteiger partial charge is 0.476 e. The number of nitrogens with zero attached hydrogens (tertiary/aromatic N) is 3. The molecule has 0 atom stereocenters. The summed E-state index contributed by atoms with van der Waals surface area (Å²) >= 11 is 3.45. The highest BCUT2D eigenvalue weighted by molar-refractivity contribution is 9.10. The van der Waals surface area contributed by atoms with E-state index in [4.69, 9.17) is 5.14 Å². The van der Waals surface area contributed by atoms with Crippen molar-refractivity contribution in [3.05, 3.63) is 76.0 Å². The molecule has 0 radical (unpaired) electrons. The number of carboxylic acid groups (broad SMARTS) is 1. The Hall–Kier alpha value is -3.41. The second kappa shape index (κ2) is 8.85. The Balaban J connectivity index is 1.79. The zero-order valence-electron chi connectivity index (χ0n) is 17.3. The Morgan fingerprint density at radius 3 is 2.58 bits per heavy atom. The van der Waals surface area contributed by atoms with Gasteiger partial charge in [-0.2, -0.15) is 4.98 Å². The number of nitrogens with one attached hydrogen (secondary N) is 1. The molecule has 4 aromatic rings. The predicted octanol–water partition coefficient (Wildman–Crippen LogP) is 3.99. The van der Waals surface area contributed by atoms with Crippen molar-refractivity contribution in [2.24, 2.45) is 5.14 Å². The fraction of sp³-hybridized carbons (Fsp3) is 0.0909. The minimum Gasteiger partial charge on any atom is -0.476 e. The molecule has 0 bridgehead atoms. The first-order valence-electron chi connectivity index (χ1n) is 9.64. The number of hydrogen-bond acceptors (Lipinski definition) is 7. The van der Waals surface area contributed by atoms with Crippen LogP contribution >= 0.6 is 15.9 Å². The summed E-state index contributed by atoms with van der Waals surface area (Å²) in [6, 6.07) is 14.1. The van der Waals surface area contributed by atoms with Gasteiger partial charge in [-0.05, 0) is 41.8 Å². The summed E-state index contributed by atoms with van der Waals surface area (Å²) in [4.78, 5) is 24.8. The summed E-state index contributed by atoms with van der Waals surface area (Å²) < 4.78 is 24.0. The van der Waals surface area contributed by atoms with E-state index in [1.807, 2.05) is 12.1 Å². The Morgan fingerprint density at radius 1 is 1.12 bits per heavy atom. The Labute approximate surface area is 197 Å². The smallest absolute Gasteiger partial charge is 0.355 e. The SMILES string of the molecule is Cc1cccc(Nc2ncc3cc(-c4ccccc4Br)c(C(=O)O)nc3n2)c1CS(N)(=O)=O. The fourth-order valence-corrected chi connectivity index (χ4v) is 4.69. The standard InChI is InChI=1S/C22H18BrN5O4S/c1-12-5-4-8-18(16(12)11-33(24,31)32)26-22-25-10-13-9-15(14-6-2-3-7-17(14)23)19(21(29)30)27-20(13)28-22/h2-10H,11H2,1H3,(H,29,30)(H2,24,31,32)(H,25,26,27,28). The van der Waals surface area contributed by atoms with E-state index in [9.17, 15) is 18.3 Å². The molecule has 0 spiro atoms. The van der Waals surface area contributed by atoms with Gasteiger partial charge in [-0.3, -0.25) is 0 Å². The molecular weight excluding hydrogens is 510 g/mol. The molecule has 0 aliphatic carbocycles. The zero-order valence-corrected chi connectivity index (χ0v) is 19.7. The third-order valence-corrected chi connectivity index (χ3v) is 6.32. The number of aryl methyl sites for hydroxylation is 1. The van der Waals surface area contributed by atoms with Crippen LogP contribution in [0, 0.1) is 6.92 Å². The molecule has 2 heterocycles. The number of aromatic carboxylic acids is 1. The summed E-state index contributed by atoms with van der Waals surface area (Å²) in [6.45, 7) is 1.77. The van der Waals surface area contributed by atoms with E-state index in [0.717, 1.165) is 10.0 Å².